The van der Waals surface area contributed by atoms with Crippen molar-refractivity contribution < 1.29 is 9.59 Å². The first-order valence-corrected chi connectivity index (χ1v) is 9.37. The molecule has 2 aromatic carbocycles. The third-order valence-corrected chi connectivity index (χ3v) is 4.86. The first-order chi connectivity index (χ1) is 12.9. The minimum atomic E-state index is -0.0909. The minimum Gasteiger partial charge on any atom is -0.348 e. The van der Waals surface area contributed by atoms with Gasteiger partial charge in [-0.2, -0.15) is 0 Å². The molecule has 2 amide bonds. The van der Waals surface area contributed by atoms with Gasteiger partial charge in [0.05, 0.1) is 0 Å². The van der Waals surface area contributed by atoms with Gasteiger partial charge in [-0.05, 0) is 34.4 Å². The summed E-state index contributed by atoms with van der Waals surface area (Å²) in [6, 6.07) is 13.8. The second kappa shape index (κ2) is 8.35. The maximum atomic E-state index is 12.4. The van der Waals surface area contributed by atoms with Crippen LogP contribution >= 0.6 is 0 Å². The lowest BCUT2D eigenvalue weighted by Gasteiger charge is -2.19. The molecular weight excluding hydrogens is 338 g/mol. The lowest BCUT2D eigenvalue weighted by Crippen LogP contribution is -2.30. The first kappa shape index (κ1) is 19.1. The minimum absolute atomic E-state index is 0.0185. The van der Waals surface area contributed by atoms with Crippen molar-refractivity contribution in [3.05, 3.63) is 70.3 Å². The fraction of sp³-hybridized carbons (Fsp3) is 0.364. The summed E-state index contributed by atoms with van der Waals surface area (Å²) in [7, 11) is 1.80. The molecule has 1 aliphatic heterocycles. The van der Waals surface area contributed by atoms with Gasteiger partial charge in [0, 0.05) is 44.7 Å². The average Bonchev–Trinajstić information content (AvgIpc) is 3.13. The summed E-state index contributed by atoms with van der Waals surface area (Å²) < 4.78 is 0. The van der Waals surface area contributed by atoms with Crippen molar-refractivity contribution in [2.45, 2.75) is 40.0 Å². The van der Waals surface area contributed by atoms with Crippen molar-refractivity contribution in [1.29, 1.82) is 0 Å². The van der Waals surface area contributed by atoms with E-state index in [0.717, 1.165) is 24.2 Å². The van der Waals surface area contributed by atoms with Crippen molar-refractivity contribution in [2.24, 2.45) is 5.92 Å². The predicted molar refractivity (Wildman–Crippen MR) is 106 cm³/mol. The quantitative estimate of drug-likeness (QED) is 0.827. The molecule has 3 rings (SSSR count). The molecule has 142 valence electrons. The molecule has 1 aliphatic rings. The molecule has 0 unspecified atom stereocenters. The van der Waals surface area contributed by atoms with Gasteiger partial charge in [-0.1, -0.05) is 44.2 Å². The number of hydrogen-bond donors (Lipinski definition) is 2. The fourth-order valence-electron chi connectivity index (χ4n) is 3.30. The van der Waals surface area contributed by atoms with E-state index >= 15 is 0 Å². The number of amides is 2. The summed E-state index contributed by atoms with van der Waals surface area (Å²) in [5.41, 5.74) is 5.39. The van der Waals surface area contributed by atoms with E-state index in [9.17, 15) is 9.59 Å². The summed E-state index contributed by atoms with van der Waals surface area (Å²) in [4.78, 5) is 26.1. The molecule has 0 aromatic heterocycles. The van der Waals surface area contributed by atoms with E-state index in [1.54, 1.807) is 11.9 Å². The number of carbonyl (C=O) groups excluding carboxylic acids is 2. The lowest BCUT2D eigenvalue weighted by atomic mass is 10.1. The molecule has 1 heterocycles. The highest BCUT2D eigenvalue weighted by Gasteiger charge is 2.14. The van der Waals surface area contributed by atoms with Crippen LogP contribution in [0.15, 0.2) is 42.5 Å². The Bertz CT molecular complexity index is 828. The number of fused-ring (bicyclic) bond motifs is 1. The van der Waals surface area contributed by atoms with Crippen LogP contribution in [-0.4, -0.2) is 23.8 Å². The van der Waals surface area contributed by atoms with Crippen LogP contribution in [0.3, 0.4) is 0 Å². The number of hydrogen-bond acceptors (Lipinski definition) is 3. The smallest absolute Gasteiger partial charge is 0.251 e. The molecule has 0 bridgehead atoms. The lowest BCUT2D eigenvalue weighted by molar-refractivity contribution is -0.133. The van der Waals surface area contributed by atoms with Gasteiger partial charge in [0.15, 0.2) is 0 Å². The van der Waals surface area contributed by atoms with Crippen molar-refractivity contribution in [2.75, 3.05) is 7.05 Å². The van der Waals surface area contributed by atoms with E-state index in [1.807, 2.05) is 38.1 Å². The van der Waals surface area contributed by atoms with Crippen LogP contribution in [0.2, 0.25) is 0 Å². The Morgan fingerprint density at radius 2 is 1.70 bits per heavy atom. The molecule has 5 nitrogen and oxygen atoms in total. The van der Waals surface area contributed by atoms with Crippen molar-refractivity contribution in [3.63, 3.8) is 0 Å². The van der Waals surface area contributed by atoms with Crippen LogP contribution < -0.4 is 10.6 Å². The van der Waals surface area contributed by atoms with Crippen molar-refractivity contribution in [1.82, 2.24) is 15.5 Å². The van der Waals surface area contributed by atoms with Gasteiger partial charge in [-0.25, -0.2) is 0 Å². The highest BCUT2D eigenvalue weighted by molar-refractivity contribution is 5.94. The molecule has 0 radical (unpaired) electrons. The number of rotatable bonds is 6. The third-order valence-electron chi connectivity index (χ3n) is 4.86. The molecule has 0 spiro atoms. The largest absolute Gasteiger partial charge is 0.348 e. The maximum absolute atomic E-state index is 12.4. The predicted octanol–water partition coefficient (Wildman–Crippen LogP) is 2.83. The van der Waals surface area contributed by atoms with E-state index < -0.39 is 0 Å². The molecule has 2 aromatic rings. The number of carbonyl (C=O) groups is 2. The summed E-state index contributed by atoms with van der Waals surface area (Å²) in [6.45, 7) is 6.66. The molecular formula is C22H27N3O2. The highest BCUT2D eigenvalue weighted by atomic mass is 16.2. The molecule has 2 N–H and O–H groups in total. The van der Waals surface area contributed by atoms with Crippen LogP contribution in [-0.2, 0) is 31.0 Å². The zero-order valence-electron chi connectivity index (χ0n) is 16.2. The van der Waals surface area contributed by atoms with Crippen molar-refractivity contribution in [3.8, 4) is 0 Å². The van der Waals surface area contributed by atoms with Crippen LogP contribution in [0.4, 0.5) is 0 Å². The van der Waals surface area contributed by atoms with Gasteiger partial charge in [0.1, 0.15) is 0 Å². The topological polar surface area (TPSA) is 61.4 Å². The van der Waals surface area contributed by atoms with E-state index in [2.05, 4.69) is 28.8 Å². The van der Waals surface area contributed by atoms with Crippen LogP contribution in [0.1, 0.15) is 46.5 Å². The maximum Gasteiger partial charge on any atom is 0.251 e. The van der Waals surface area contributed by atoms with Crippen molar-refractivity contribution >= 4 is 11.8 Å². The van der Waals surface area contributed by atoms with Gasteiger partial charge in [-0.3, -0.25) is 9.59 Å². The van der Waals surface area contributed by atoms with Gasteiger partial charge >= 0.3 is 0 Å². The SMILES string of the molecule is CC(C)C(=O)N(C)Cc1ccc(C(=O)NCc2ccc3c(c2)CNC3)cc1. The first-order valence-electron chi connectivity index (χ1n) is 9.37. The second-order valence-corrected chi connectivity index (χ2v) is 7.44. The summed E-state index contributed by atoms with van der Waals surface area (Å²) in [5, 5.41) is 6.30. The summed E-state index contributed by atoms with van der Waals surface area (Å²) in [6.07, 6.45) is 0. The molecule has 5 heteroatoms. The Labute approximate surface area is 160 Å². The molecule has 0 fully saturated rings. The highest BCUT2D eigenvalue weighted by Crippen LogP contribution is 2.17. The van der Waals surface area contributed by atoms with Gasteiger partial charge in [-0.15, -0.1) is 0 Å². The monoisotopic (exact) mass is 365 g/mol. The Morgan fingerprint density at radius 1 is 1.04 bits per heavy atom. The standard InChI is InChI=1S/C22H27N3O2/c1-15(2)22(27)25(3)14-16-4-7-18(8-5-16)21(26)24-11-17-6-9-19-12-23-13-20(19)10-17/h4-10,15,23H,11-14H2,1-3H3,(H,24,26). The zero-order chi connectivity index (χ0) is 19.4. The van der Waals surface area contributed by atoms with E-state index in [1.165, 1.54) is 11.1 Å². The Kier molecular flexibility index (Phi) is 5.91. The van der Waals surface area contributed by atoms with E-state index in [4.69, 9.17) is 0 Å². The van der Waals surface area contributed by atoms with E-state index in [0.29, 0.717) is 18.7 Å². The fourth-order valence-corrected chi connectivity index (χ4v) is 3.30. The van der Waals surface area contributed by atoms with Crippen LogP contribution in [0.5, 0.6) is 0 Å². The Balaban J connectivity index is 1.55. The van der Waals surface area contributed by atoms with Crippen LogP contribution in [0, 0.1) is 5.92 Å². The van der Waals surface area contributed by atoms with E-state index in [-0.39, 0.29) is 17.7 Å². The van der Waals surface area contributed by atoms with Gasteiger partial charge in [0.2, 0.25) is 5.91 Å². The molecule has 0 saturated heterocycles. The average molecular weight is 365 g/mol. The number of nitrogens with one attached hydrogen (secondary N) is 2. The molecule has 0 atom stereocenters. The van der Waals surface area contributed by atoms with Crippen LogP contribution in [0.25, 0.3) is 0 Å². The summed E-state index contributed by atoms with van der Waals surface area (Å²) >= 11 is 0. The molecule has 0 saturated carbocycles. The van der Waals surface area contributed by atoms with Gasteiger partial charge in [0.25, 0.3) is 5.91 Å². The number of nitrogens with zero attached hydrogens (tertiary/aromatic N) is 1. The molecule has 0 aliphatic carbocycles. The Hall–Kier alpha value is -2.66. The Morgan fingerprint density at radius 3 is 2.41 bits per heavy atom. The summed E-state index contributed by atoms with van der Waals surface area (Å²) in [5.74, 6) is 0.00296. The zero-order valence-corrected chi connectivity index (χ0v) is 16.2. The van der Waals surface area contributed by atoms with Gasteiger partial charge < -0.3 is 15.5 Å². The molecule has 27 heavy (non-hydrogen) atoms. The third kappa shape index (κ3) is 4.74. The second-order valence-electron chi connectivity index (χ2n) is 7.44. The number of benzene rings is 2. The normalized spacial score (nSPS) is 12.7.